The number of rotatable bonds is 4. The summed E-state index contributed by atoms with van der Waals surface area (Å²) >= 11 is 1.06. The van der Waals surface area contributed by atoms with Gasteiger partial charge in [0.25, 0.3) is 0 Å². The topological polar surface area (TPSA) is 54.6 Å². The molecule has 0 saturated carbocycles. The minimum atomic E-state index is -0.167. The Kier molecular flexibility index (Phi) is 4.54. The maximum absolute atomic E-state index is 12.5. The van der Waals surface area contributed by atoms with Gasteiger partial charge in [0.1, 0.15) is 0 Å². The summed E-state index contributed by atoms with van der Waals surface area (Å²) in [6, 6.07) is 14.0. The molecular weight excluding hydrogens is 356 g/mol. The molecule has 4 rings (SSSR count). The van der Waals surface area contributed by atoms with Crippen LogP contribution in [0.4, 0.5) is 5.69 Å². The van der Waals surface area contributed by atoms with Gasteiger partial charge in [0.15, 0.2) is 0 Å². The summed E-state index contributed by atoms with van der Waals surface area (Å²) in [7, 11) is 0. The highest BCUT2D eigenvalue weighted by molar-refractivity contribution is 7.10. The van der Waals surface area contributed by atoms with Gasteiger partial charge in [-0.05, 0) is 36.1 Å². The van der Waals surface area contributed by atoms with E-state index < -0.39 is 0 Å². The predicted octanol–water partition coefficient (Wildman–Crippen LogP) is 4.79. The zero-order chi connectivity index (χ0) is 19.0. The van der Waals surface area contributed by atoms with Crippen LogP contribution in [0.1, 0.15) is 34.1 Å². The fraction of sp³-hybridized carbons (Fsp3) is 0.182. The monoisotopic (exact) mass is 376 g/mol. The molecule has 2 heterocycles. The van der Waals surface area contributed by atoms with Crippen molar-refractivity contribution < 1.29 is 5.11 Å². The first-order chi connectivity index (χ1) is 13.1. The molecule has 0 bridgehead atoms. The van der Waals surface area contributed by atoms with Crippen LogP contribution >= 0.6 is 11.3 Å². The first kappa shape index (κ1) is 17.5. The highest BCUT2D eigenvalue weighted by atomic mass is 32.1. The maximum Gasteiger partial charge on any atom is 0.310 e. The van der Waals surface area contributed by atoms with Gasteiger partial charge in [0.2, 0.25) is 5.88 Å². The van der Waals surface area contributed by atoms with Gasteiger partial charge in [0, 0.05) is 17.4 Å². The number of hydrogen-bond acceptors (Lipinski definition) is 4. The van der Waals surface area contributed by atoms with E-state index in [-0.39, 0.29) is 10.8 Å². The molecule has 1 aliphatic rings. The molecule has 0 saturated heterocycles. The quantitative estimate of drug-likeness (QED) is 0.712. The van der Waals surface area contributed by atoms with E-state index in [9.17, 15) is 9.90 Å². The lowest BCUT2D eigenvalue weighted by molar-refractivity contribution is 0.420. The van der Waals surface area contributed by atoms with Gasteiger partial charge in [-0.15, -0.1) is 0 Å². The predicted molar refractivity (Wildman–Crippen MR) is 112 cm³/mol. The summed E-state index contributed by atoms with van der Waals surface area (Å²) in [6.45, 7) is 4.47. The molecule has 5 heteroatoms. The molecule has 0 fully saturated rings. The van der Waals surface area contributed by atoms with E-state index in [1.165, 1.54) is 10.1 Å². The second kappa shape index (κ2) is 7.00. The van der Waals surface area contributed by atoms with Gasteiger partial charge in [-0.25, -0.2) is 0 Å². The lowest BCUT2D eigenvalue weighted by Crippen LogP contribution is -2.13. The Balaban J connectivity index is 1.72. The molecule has 0 atom stereocenters. The molecule has 1 aromatic heterocycles. The molecule has 0 radical (unpaired) electrons. The Morgan fingerprint density at radius 1 is 1.15 bits per heavy atom. The van der Waals surface area contributed by atoms with Crippen molar-refractivity contribution in [1.82, 2.24) is 4.57 Å². The molecule has 27 heavy (non-hydrogen) atoms. The minimum absolute atomic E-state index is 0.00856. The summed E-state index contributed by atoms with van der Waals surface area (Å²) in [4.78, 5) is 17.4. The number of para-hydroxylation sites is 1. The summed E-state index contributed by atoms with van der Waals surface area (Å²) in [5, 5.41) is 10.7. The number of nitrogens with zero attached hydrogens (tertiary/aromatic N) is 2. The molecule has 136 valence electrons. The summed E-state index contributed by atoms with van der Waals surface area (Å²) in [5.74, 6) is 0.00856. The van der Waals surface area contributed by atoms with E-state index >= 15 is 0 Å². The summed E-state index contributed by atoms with van der Waals surface area (Å²) in [6.07, 6.45) is 4.57. The summed E-state index contributed by atoms with van der Waals surface area (Å²) in [5.41, 5.74) is 6.25. The van der Waals surface area contributed by atoms with E-state index in [1.807, 2.05) is 49.4 Å². The lowest BCUT2D eigenvalue weighted by atomic mass is 10.0. The molecule has 4 nitrogen and oxygen atoms in total. The number of hydrogen-bond donors (Lipinski definition) is 1. The second-order valence-electron chi connectivity index (χ2n) is 6.59. The highest BCUT2D eigenvalue weighted by Gasteiger charge is 2.18. The van der Waals surface area contributed by atoms with E-state index in [0.717, 1.165) is 45.7 Å². The van der Waals surface area contributed by atoms with Crippen molar-refractivity contribution in [2.45, 2.75) is 26.8 Å². The average molecular weight is 376 g/mol. The van der Waals surface area contributed by atoms with E-state index in [4.69, 9.17) is 0 Å². The van der Waals surface area contributed by atoms with Crippen molar-refractivity contribution in [3.63, 3.8) is 0 Å². The Bertz CT molecular complexity index is 1140. The second-order valence-corrected chi connectivity index (χ2v) is 7.59. The largest absolute Gasteiger partial charge is 0.493 e. The third-order valence-corrected chi connectivity index (χ3v) is 5.83. The lowest BCUT2D eigenvalue weighted by Gasteiger charge is -2.07. The van der Waals surface area contributed by atoms with Crippen LogP contribution in [0.15, 0.2) is 52.3 Å². The Morgan fingerprint density at radius 2 is 1.93 bits per heavy atom. The number of aliphatic imine (C=N–C) groups is 1. The Labute approximate surface area is 161 Å². The number of fused-ring (bicyclic) bond motifs is 1. The Hall–Kier alpha value is -2.92. The third kappa shape index (κ3) is 3.15. The molecule has 0 spiro atoms. The van der Waals surface area contributed by atoms with Crippen molar-refractivity contribution in [2.24, 2.45) is 4.99 Å². The average Bonchev–Trinajstić information content (AvgIpc) is 3.20. The first-order valence-corrected chi connectivity index (χ1v) is 9.75. The fourth-order valence-corrected chi connectivity index (χ4v) is 4.16. The molecule has 0 aliphatic carbocycles. The van der Waals surface area contributed by atoms with Gasteiger partial charge < -0.3 is 5.11 Å². The van der Waals surface area contributed by atoms with Crippen molar-refractivity contribution >= 4 is 34.9 Å². The number of allylic oxidation sites excluding steroid dienone is 1. The number of benzene rings is 2. The van der Waals surface area contributed by atoms with Gasteiger partial charge >= 0.3 is 4.87 Å². The van der Waals surface area contributed by atoms with Crippen LogP contribution in [-0.2, 0) is 13.0 Å². The molecule has 0 unspecified atom stereocenters. The van der Waals surface area contributed by atoms with Crippen LogP contribution < -0.4 is 4.87 Å². The standard InChI is InChI=1S/C22H20N2O2S/c1-3-15-9-6-10-18-17(12-23-20(15)18)11-19-21(25)24(22(26)27-19)13-16-8-5-4-7-14(16)2/h4-12,25H,3,13H2,1-2H3/b17-11+. The minimum Gasteiger partial charge on any atom is -0.493 e. The molecule has 3 aromatic rings. The highest BCUT2D eigenvalue weighted by Crippen LogP contribution is 2.37. The summed E-state index contributed by atoms with van der Waals surface area (Å²) < 4.78 is 1.43. The molecule has 0 amide bonds. The smallest absolute Gasteiger partial charge is 0.310 e. The fourth-order valence-electron chi connectivity index (χ4n) is 3.33. The number of aryl methyl sites for hydroxylation is 2. The molecule has 1 N–H and O–H groups in total. The van der Waals surface area contributed by atoms with Gasteiger partial charge in [-0.2, -0.15) is 0 Å². The number of aromatic nitrogens is 1. The third-order valence-electron chi connectivity index (χ3n) is 4.91. The number of aromatic hydroxyl groups is 1. The molecule has 2 aromatic carbocycles. The molecular formula is C22H20N2O2S. The first-order valence-electron chi connectivity index (χ1n) is 8.93. The van der Waals surface area contributed by atoms with Gasteiger partial charge in [-0.1, -0.05) is 60.7 Å². The van der Waals surface area contributed by atoms with Crippen molar-refractivity contribution in [1.29, 1.82) is 0 Å². The van der Waals surface area contributed by atoms with Crippen molar-refractivity contribution in [2.75, 3.05) is 0 Å². The van der Waals surface area contributed by atoms with Crippen LogP contribution in [0.3, 0.4) is 0 Å². The van der Waals surface area contributed by atoms with Gasteiger partial charge in [-0.3, -0.25) is 14.4 Å². The van der Waals surface area contributed by atoms with Crippen LogP contribution in [0.2, 0.25) is 0 Å². The normalized spacial score (nSPS) is 14.1. The SMILES string of the molecule is CCc1cccc2c1N=C/C2=C\c1sc(=O)n(Cc2ccccc2C)c1O. The zero-order valence-corrected chi connectivity index (χ0v) is 16.1. The number of thiazole rings is 1. The van der Waals surface area contributed by atoms with E-state index in [2.05, 4.69) is 18.0 Å². The Morgan fingerprint density at radius 3 is 2.70 bits per heavy atom. The molecule has 1 aliphatic heterocycles. The van der Waals surface area contributed by atoms with Crippen LogP contribution in [-0.4, -0.2) is 15.9 Å². The van der Waals surface area contributed by atoms with Crippen LogP contribution in [0.25, 0.3) is 11.6 Å². The van der Waals surface area contributed by atoms with Gasteiger partial charge in [0.05, 0.1) is 17.1 Å². The van der Waals surface area contributed by atoms with Crippen LogP contribution in [0, 0.1) is 6.92 Å². The van der Waals surface area contributed by atoms with Crippen molar-refractivity contribution in [3.8, 4) is 5.88 Å². The maximum atomic E-state index is 12.5. The van der Waals surface area contributed by atoms with E-state index in [0.29, 0.717) is 11.4 Å². The van der Waals surface area contributed by atoms with Crippen LogP contribution in [0.5, 0.6) is 5.88 Å². The zero-order valence-electron chi connectivity index (χ0n) is 15.3. The van der Waals surface area contributed by atoms with Crippen molar-refractivity contribution in [3.05, 3.63) is 79.3 Å². The van der Waals surface area contributed by atoms with E-state index in [1.54, 1.807) is 6.21 Å².